The standard InChI is InChI=1S/C40H59N9O19/c1-17(2)30(47-32(59)21(41)12-28(55)56)37(64)44-25(15-51)35(62)46-26(16-52)39(66)49-10-4-5-27(49)36(63)48-31(18(3)53)38(65)45-24(14-50)34(61)42-22(13-29(57)58)33(60)43-23(40(67)68)11-19-6-8-20(54)9-7-19/h6-9,17-18,21-27,30-31,50-54H,4-5,10-16,41H2,1-3H3,(H,42,61)(H,43,60)(H,44,64)(H,45,65)(H,46,62)(H,47,59)(H,48,63)(H,55,56)(H,57,58)(H,67,68)/t18-,21+,22+,23+,24+,25+,26+,27+,30+,31+/m1/s1. The van der Waals surface area contributed by atoms with Gasteiger partial charge >= 0.3 is 17.9 Å². The van der Waals surface area contributed by atoms with Crippen LogP contribution in [0.15, 0.2) is 24.3 Å². The van der Waals surface area contributed by atoms with E-state index in [1.165, 1.54) is 38.1 Å². The minimum atomic E-state index is -1.96. The maximum Gasteiger partial charge on any atom is 0.326 e. The summed E-state index contributed by atoms with van der Waals surface area (Å²) < 4.78 is 0. The van der Waals surface area contributed by atoms with Crippen LogP contribution in [0.25, 0.3) is 0 Å². The fourth-order valence-electron chi connectivity index (χ4n) is 6.60. The number of rotatable bonds is 27. The van der Waals surface area contributed by atoms with E-state index in [0.717, 1.165) is 11.8 Å². The average molecular weight is 970 g/mol. The van der Waals surface area contributed by atoms with E-state index in [2.05, 4.69) is 31.9 Å². The smallest absolute Gasteiger partial charge is 0.326 e. The van der Waals surface area contributed by atoms with Crippen molar-refractivity contribution in [1.29, 1.82) is 0 Å². The number of carbonyl (C=O) groups excluding carboxylic acids is 8. The van der Waals surface area contributed by atoms with Crippen LogP contribution >= 0.6 is 0 Å². The maximum atomic E-state index is 13.6. The molecular weight excluding hydrogens is 910 g/mol. The van der Waals surface area contributed by atoms with Crippen LogP contribution in [-0.4, -0.2) is 198 Å². The van der Waals surface area contributed by atoms with Gasteiger partial charge in [0.1, 0.15) is 54.1 Å². The van der Waals surface area contributed by atoms with Gasteiger partial charge in [-0.3, -0.25) is 47.9 Å². The number of aromatic hydroxyl groups is 1. The molecule has 28 nitrogen and oxygen atoms in total. The fraction of sp³-hybridized carbons (Fsp3) is 0.575. The maximum absolute atomic E-state index is 13.6. The van der Waals surface area contributed by atoms with Gasteiger partial charge in [0.15, 0.2) is 0 Å². The molecule has 0 bridgehead atoms. The second-order valence-electron chi connectivity index (χ2n) is 16.0. The van der Waals surface area contributed by atoms with Crippen molar-refractivity contribution >= 4 is 65.2 Å². The van der Waals surface area contributed by atoms with Gasteiger partial charge in [0, 0.05) is 13.0 Å². The number of amides is 8. The Labute approximate surface area is 387 Å². The van der Waals surface area contributed by atoms with Crippen molar-refractivity contribution in [1.82, 2.24) is 42.1 Å². The van der Waals surface area contributed by atoms with Crippen LogP contribution in [-0.2, 0) is 59.2 Å². The van der Waals surface area contributed by atoms with E-state index in [0.29, 0.717) is 5.56 Å². The molecule has 1 aromatic rings. The van der Waals surface area contributed by atoms with E-state index in [4.69, 9.17) is 10.8 Å². The summed E-state index contributed by atoms with van der Waals surface area (Å²) in [5.74, 6) is -14.5. The number of phenolic OH excluding ortho intramolecular Hbond substituents is 1. The van der Waals surface area contributed by atoms with E-state index in [1.54, 1.807) is 0 Å². The Morgan fingerprint density at radius 2 is 1.09 bits per heavy atom. The molecule has 2 rings (SSSR count). The van der Waals surface area contributed by atoms with Crippen LogP contribution in [0.2, 0.25) is 0 Å². The number of hydrogen-bond acceptors (Lipinski definition) is 17. The van der Waals surface area contributed by atoms with Crippen LogP contribution in [0, 0.1) is 5.92 Å². The van der Waals surface area contributed by atoms with Gasteiger partial charge in [-0.15, -0.1) is 0 Å². The normalized spacial score (nSPS) is 17.3. The number of aliphatic hydroxyl groups excluding tert-OH is 4. The fourth-order valence-corrected chi connectivity index (χ4v) is 6.60. The number of nitrogens with one attached hydrogen (secondary N) is 7. The Kier molecular flexibility index (Phi) is 22.6. The highest BCUT2D eigenvalue weighted by molar-refractivity contribution is 5.99. The van der Waals surface area contributed by atoms with Crippen LogP contribution in [0.3, 0.4) is 0 Å². The van der Waals surface area contributed by atoms with Gasteiger partial charge in [-0.25, -0.2) is 4.79 Å². The van der Waals surface area contributed by atoms with Gasteiger partial charge in [0.05, 0.1) is 44.8 Å². The molecule has 1 aliphatic heterocycles. The van der Waals surface area contributed by atoms with Crippen molar-refractivity contribution in [3.8, 4) is 5.75 Å². The molecule has 0 aliphatic carbocycles. The molecule has 28 heteroatoms. The molecule has 378 valence electrons. The molecule has 0 radical (unpaired) electrons. The predicted octanol–water partition coefficient (Wildman–Crippen LogP) is -7.31. The first-order chi connectivity index (χ1) is 31.8. The van der Waals surface area contributed by atoms with Gasteiger partial charge in [-0.05, 0) is 43.4 Å². The van der Waals surface area contributed by atoms with Gasteiger partial charge in [-0.2, -0.15) is 0 Å². The third-order valence-electron chi connectivity index (χ3n) is 10.3. The number of aliphatic hydroxyl groups is 4. The summed E-state index contributed by atoms with van der Waals surface area (Å²) >= 11 is 0. The molecule has 10 atom stereocenters. The highest BCUT2D eigenvalue weighted by Crippen LogP contribution is 2.19. The van der Waals surface area contributed by atoms with Gasteiger partial charge in [0.2, 0.25) is 47.3 Å². The summed E-state index contributed by atoms with van der Waals surface area (Å²) in [5.41, 5.74) is 5.92. The van der Waals surface area contributed by atoms with Crippen molar-refractivity contribution in [2.24, 2.45) is 11.7 Å². The third kappa shape index (κ3) is 17.3. The van der Waals surface area contributed by atoms with E-state index < -0.39 is 164 Å². The predicted molar refractivity (Wildman–Crippen MR) is 228 cm³/mol. The second kappa shape index (κ2) is 27.0. The van der Waals surface area contributed by atoms with Crippen LogP contribution < -0.4 is 43.0 Å². The summed E-state index contributed by atoms with van der Waals surface area (Å²) in [6, 6.07) is -10.0. The largest absolute Gasteiger partial charge is 0.508 e. The highest BCUT2D eigenvalue weighted by Gasteiger charge is 2.41. The molecular formula is C40H59N9O19. The van der Waals surface area contributed by atoms with Crippen molar-refractivity contribution in [2.75, 3.05) is 26.4 Å². The van der Waals surface area contributed by atoms with Crippen molar-refractivity contribution in [2.45, 2.75) is 113 Å². The van der Waals surface area contributed by atoms with Crippen molar-refractivity contribution < 1.29 is 93.6 Å². The van der Waals surface area contributed by atoms with E-state index in [9.17, 15) is 88.5 Å². The number of hydrogen-bond donors (Lipinski definition) is 16. The Morgan fingerprint density at radius 3 is 1.56 bits per heavy atom. The number of phenols is 1. The van der Waals surface area contributed by atoms with Gasteiger partial charge in [0.25, 0.3) is 0 Å². The third-order valence-corrected chi connectivity index (χ3v) is 10.3. The Bertz CT molecular complexity index is 2000. The van der Waals surface area contributed by atoms with E-state index in [-0.39, 0.29) is 31.6 Å². The molecule has 1 heterocycles. The Morgan fingerprint density at radius 1 is 0.618 bits per heavy atom. The molecule has 0 unspecified atom stereocenters. The number of nitrogens with two attached hydrogens (primary N) is 1. The Hall–Kier alpha value is -7.01. The SMILES string of the molecule is CC(C)[C@H](NC(=O)[C@@H](N)CC(=O)O)C(=O)N[C@@H](CO)C(=O)N[C@@H](CO)C(=O)N1CCC[C@H]1C(=O)N[C@H](C(=O)N[C@@H](CO)C(=O)N[C@@H](CC(=O)O)C(=O)N[C@@H](Cc1ccc(O)cc1)C(=O)O)[C@@H](C)O. The quantitative estimate of drug-likeness (QED) is 0.0389. The topological polar surface area (TPSA) is 463 Å². The van der Waals surface area contributed by atoms with Gasteiger partial charge in [-0.1, -0.05) is 26.0 Å². The lowest BCUT2D eigenvalue weighted by atomic mass is 10.0. The summed E-state index contributed by atoms with van der Waals surface area (Å²) in [4.78, 5) is 141. The lowest BCUT2D eigenvalue weighted by Gasteiger charge is -2.31. The second-order valence-corrected chi connectivity index (χ2v) is 16.0. The highest BCUT2D eigenvalue weighted by atomic mass is 16.4. The van der Waals surface area contributed by atoms with Gasteiger partial charge < -0.3 is 88.7 Å². The number of carboxylic acids is 3. The first-order valence-electron chi connectivity index (χ1n) is 21.0. The molecule has 1 fully saturated rings. The zero-order valence-corrected chi connectivity index (χ0v) is 37.1. The minimum Gasteiger partial charge on any atom is -0.508 e. The molecule has 1 aromatic carbocycles. The zero-order valence-electron chi connectivity index (χ0n) is 37.1. The number of nitrogens with zero attached hydrogens (tertiary/aromatic N) is 1. The number of aliphatic carboxylic acids is 3. The first-order valence-corrected chi connectivity index (χ1v) is 21.0. The Balaban J connectivity index is 2.15. The lowest BCUT2D eigenvalue weighted by Crippen LogP contribution is -2.62. The molecule has 1 saturated heterocycles. The van der Waals surface area contributed by atoms with Crippen LogP contribution in [0.1, 0.15) is 52.0 Å². The molecule has 0 saturated carbocycles. The number of carboxylic acid groups (broad SMARTS) is 3. The first kappa shape index (κ1) is 57.1. The number of benzene rings is 1. The lowest BCUT2D eigenvalue weighted by molar-refractivity contribution is -0.144. The molecule has 1 aliphatic rings. The molecule has 17 N–H and O–H groups in total. The summed E-state index contributed by atoms with van der Waals surface area (Å²) in [7, 11) is 0. The van der Waals surface area contributed by atoms with Crippen LogP contribution in [0.4, 0.5) is 0 Å². The van der Waals surface area contributed by atoms with Crippen LogP contribution in [0.5, 0.6) is 5.75 Å². The number of carbonyl (C=O) groups is 11. The molecule has 0 aromatic heterocycles. The van der Waals surface area contributed by atoms with Crippen molar-refractivity contribution in [3.63, 3.8) is 0 Å². The molecule has 0 spiro atoms. The average Bonchev–Trinajstić information content (AvgIpc) is 3.76. The zero-order chi connectivity index (χ0) is 51.6. The number of likely N-dealkylation sites (tertiary alicyclic amines) is 1. The monoisotopic (exact) mass is 969 g/mol. The molecule has 68 heavy (non-hydrogen) atoms. The van der Waals surface area contributed by atoms with E-state index >= 15 is 0 Å². The summed E-state index contributed by atoms with van der Waals surface area (Å²) in [6.45, 7) is 0.634. The van der Waals surface area contributed by atoms with Crippen molar-refractivity contribution in [3.05, 3.63) is 29.8 Å². The summed E-state index contributed by atoms with van der Waals surface area (Å²) in [6.07, 6.45) is -3.76. The molecule has 8 amide bonds. The summed E-state index contributed by atoms with van der Waals surface area (Å²) in [5, 5.41) is 93.1. The minimum absolute atomic E-state index is 0.0437. The van der Waals surface area contributed by atoms with E-state index in [1.807, 2.05) is 5.32 Å².